The van der Waals surface area contributed by atoms with Crippen molar-refractivity contribution >= 4 is 54.1 Å². The minimum atomic E-state index is -0.389. The molecule has 4 aromatic rings. The quantitative estimate of drug-likeness (QED) is 0.596. The number of rotatable bonds is 2. The Morgan fingerprint density at radius 1 is 1.18 bits per heavy atom. The van der Waals surface area contributed by atoms with Crippen LogP contribution in [-0.4, -0.2) is 15.9 Å². The fraction of sp³-hybridized carbons (Fsp3) is 0. The van der Waals surface area contributed by atoms with Gasteiger partial charge >= 0.3 is 0 Å². The van der Waals surface area contributed by atoms with Crippen molar-refractivity contribution in [2.24, 2.45) is 0 Å². The number of nitrogens with one attached hydrogen (secondary N) is 1. The number of thiazole rings is 2. The van der Waals surface area contributed by atoms with Crippen LogP contribution in [0.2, 0.25) is 0 Å². The molecule has 0 fully saturated rings. The second kappa shape index (κ2) is 5.11. The normalized spacial score (nSPS) is 11.1. The van der Waals surface area contributed by atoms with Crippen LogP contribution in [0, 0.1) is 5.82 Å². The molecule has 22 heavy (non-hydrogen) atoms. The number of fused-ring (bicyclic) bond motifs is 2. The third-order valence-electron chi connectivity index (χ3n) is 3.18. The Morgan fingerprint density at radius 2 is 2.09 bits per heavy atom. The standard InChI is InChI=1S/C15H8FN3OS2/c16-9-2-1-3-11-13(9)18-15(22-11)19-14(20)8-4-5-10-12(6-8)21-7-17-10/h1-7H,(H,18,19,20). The fourth-order valence-corrected chi connectivity index (χ4v) is 3.73. The van der Waals surface area contributed by atoms with E-state index in [0.717, 1.165) is 10.2 Å². The lowest BCUT2D eigenvalue weighted by molar-refractivity contribution is 0.102. The van der Waals surface area contributed by atoms with Crippen LogP contribution in [0.3, 0.4) is 0 Å². The first-order chi connectivity index (χ1) is 10.7. The molecular formula is C15H8FN3OS2. The molecule has 0 atom stereocenters. The molecule has 0 aliphatic rings. The van der Waals surface area contributed by atoms with Crippen LogP contribution < -0.4 is 5.32 Å². The minimum Gasteiger partial charge on any atom is -0.298 e. The van der Waals surface area contributed by atoms with Gasteiger partial charge in [0.05, 0.1) is 20.4 Å². The number of halogens is 1. The Balaban J connectivity index is 1.66. The first kappa shape index (κ1) is 13.3. The molecular weight excluding hydrogens is 321 g/mol. The van der Waals surface area contributed by atoms with Crippen molar-refractivity contribution in [2.75, 3.05) is 5.32 Å². The van der Waals surface area contributed by atoms with Crippen LogP contribution in [0.5, 0.6) is 0 Å². The van der Waals surface area contributed by atoms with Gasteiger partial charge in [0.15, 0.2) is 5.13 Å². The van der Waals surface area contributed by atoms with Crippen molar-refractivity contribution < 1.29 is 9.18 Å². The first-order valence-corrected chi connectivity index (χ1v) is 8.10. The number of hydrogen-bond donors (Lipinski definition) is 1. The van der Waals surface area contributed by atoms with E-state index < -0.39 is 0 Å². The zero-order valence-corrected chi connectivity index (χ0v) is 12.7. The van der Waals surface area contributed by atoms with Crippen LogP contribution in [0.4, 0.5) is 9.52 Å². The highest BCUT2D eigenvalue weighted by Gasteiger charge is 2.12. The van der Waals surface area contributed by atoms with Gasteiger partial charge in [0, 0.05) is 5.56 Å². The summed E-state index contributed by atoms with van der Waals surface area (Å²) in [4.78, 5) is 20.6. The molecule has 0 unspecified atom stereocenters. The monoisotopic (exact) mass is 329 g/mol. The summed E-state index contributed by atoms with van der Waals surface area (Å²) >= 11 is 2.72. The van der Waals surface area contributed by atoms with Gasteiger partial charge in [-0.3, -0.25) is 10.1 Å². The lowest BCUT2D eigenvalue weighted by Crippen LogP contribution is -2.11. The predicted molar refractivity (Wildman–Crippen MR) is 87.2 cm³/mol. The van der Waals surface area contributed by atoms with E-state index in [-0.39, 0.29) is 17.2 Å². The molecule has 1 amide bonds. The summed E-state index contributed by atoms with van der Waals surface area (Å²) in [6, 6.07) is 10.1. The molecule has 4 nitrogen and oxygen atoms in total. The molecule has 0 radical (unpaired) electrons. The average molecular weight is 329 g/mol. The molecule has 0 aliphatic heterocycles. The van der Waals surface area contributed by atoms with Crippen LogP contribution >= 0.6 is 22.7 Å². The summed E-state index contributed by atoms with van der Waals surface area (Å²) in [7, 11) is 0. The highest BCUT2D eigenvalue weighted by Crippen LogP contribution is 2.28. The number of hydrogen-bond acceptors (Lipinski definition) is 5. The van der Waals surface area contributed by atoms with Crippen LogP contribution in [-0.2, 0) is 0 Å². The van der Waals surface area contributed by atoms with E-state index in [4.69, 9.17) is 0 Å². The number of benzene rings is 2. The lowest BCUT2D eigenvalue weighted by Gasteiger charge is -2.01. The molecule has 108 valence electrons. The molecule has 7 heteroatoms. The number of carbonyl (C=O) groups excluding carboxylic acids is 1. The third kappa shape index (κ3) is 2.24. The Hall–Kier alpha value is -2.38. The molecule has 1 N–H and O–H groups in total. The maximum atomic E-state index is 13.6. The molecule has 0 saturated carbocycles. The van der Waals surface area contributed by atoms with E-state index in [2.05, 4.69) is 15.3 Å². The number of amides is 1. The highest BCUT2D eigenvalue weighted by molar-refractivity contribution is 7.22. The molecule has 2 aromatic heterocycles. The SMILES string of the molecule is O=C(Nc1nc2c(F)cccc2s1)c1ccc2ncsc2c1. The highest BCUT2D eigenvalue weighted by atomic mass is 32.1. The van der Waals surface area contributed by atoms with Crippen molar-refractivity contribution in [3.8, 4) is 0 Å². The molecule has 2 heterocycles. The predicted octanol–water partition coefficient (Wildman–Crippen LogP) is 4.30. The number of anilines is 1. The maximum absolute atomic E-state index is 13.6. The maximum Gasteiger partial charge on any atom is 0.257 e. The number of para-hydroxylation sites is 1. The third-order valence-corrected chi connectivity index (χ3v) is 4.91. The van der Waals surface area contributed by atoms with Crippen LogP contribution in [0.15, 0.2) is 41.9 Å². The number of aromatic nitrogens is 2. The fourth-order valence-electron chi connectivity index (χ4n) is 2.13. The van der Waals surface area contributed by atoms with Crippen molar-refractivity contribution in [3.05, 3.63) is 53.3 Å². The van der Waals surface area contributed by atoms with Gasteiger partial charge in [0.25, 0.3) is 5.91 Å². The zero-order chi connectivity index (χ0) is 15.1. The van der Waals surface area contributed by atoms with Crippen molar-refractivity contribution in [1.29, 1.82) is 0 Å². The Bertz CT molecular complexity index is 1010. The van der Waals surface area contributed by atoms with Gasteiger partial charge < -0.3 is 0 Å². The van der Waals surface area contributed by atoms with E-state index >= 15 is 0 Å². The smallest absolute Gasteiger partial charge is 0.257 e. The van der Waals surface area contributed by atoms with E-state index in [1.54, 1.807) is 35.8 Å². The largest absolute Gasteiger partial charge is 0.298 e. The van der Waals surface area contributed by atoms with Gasteiger partial charge in [-0.05, 0) is 30.3 Å². The Labute approximate surface area is 132 Å². The van der Waals surface area contributed by atoms with Gasteiger partial charge in [-0.15, -0.1) is 11.3 Å². The van der Waals surface area contributed by atoms with E-state index in [9.17, 15) is 9.18 Å². The first-order valence-electron chi connectivity index (χ1n) is 6.40. The molecule has 0 aliphatic carbocycles. The molecule has 4 rings (SSSR count). The summed E-state index contributed by atoms with van der Waals surface area (Å²) in [6.45, 7) is 0. The topological polar surface area (TPSA) is 54.9 Å². The summed E-state index contributed by atoms with van der Waals surface area (Å²) in [6.07, 6.45) is 0. The van der Waals surface area contributed by atoms with E-state index in [0.29, 0.717) is 15.4 Å². The summed E-state index contributed by atoms with van der Waals surface area (Å²) < 4.78 is 15.3. The van der Waals surface area contributed by atoms with Gasteiger partial charge in [-0.1, -0.05) is 17.4 Å². The Kier molecular flexibility index (Phi) is 3.09. The summed E-state index contributed by atoms with van der Waals surface area (Å²) in [5.41, 5.74) is 3.41. The van der Waals surface area contributed by atoms with Gasteiger partial charge in [-0.25, -0.2) is 14.4 Å². The summed E-state index contributed by atoms with van der Waals surface area (Å²) in [5, 5.41) is 3.10. The van der Waals surface area contributed by atoms with E-state index in [1.165, 1.54) is 28.7 Å². The van der Waals surface area contributed by atoms with Crippen molar-refractivity contribution in [3.63, 3.8) is 0 Å². The summed E-state index contributed by atoms with van der Waals surface area (Å²) in [5.74, 6) is -0.657. The average Bonchev–Trinajstić information content (AvgIpc) is 3.13. The van der Waals surface area contributed by atoms with Gasteiger partial charge in [0.1, 0.15) is 11.3 Å². The van der Waals surface area contributed by atoms with Crippen molar-refractivity contribution in [1.82, 2.24) is 9.97 Å². The Morgan fingerprint density at radius 3 is 2.95 bits per heavy atom. The molecule has 2 aromatic carbocycles. The zero-order valence-electron chi connectivity index (χ0n) is 11.0. The van der Waals surface area contributed by atoms with Gasteiger partial charge in [-0.2, -0.15) is 0 Å². The lowest BCUT2D eigenvalue weighted by atomic mass is 10.2. The molecule has 0 bridgehead atoms. The van der Waals surface area contributed by atoms with E-state index in [1.807, 2.05) is 0 Å². The second-order valence-electron chi connectivity index (χ2n) is 4.59. The number of carbonyl (C=O) groups is 1. The van der Waals surface area contributed by atoms with Gasteiger partial charge in [0.2, 0.25) is 0 Å². The van der Waals surface area contributed by atoms with Crippen molar-refractivity contribution in [2.45, 2.75) is 0 Å². The minimum absolute atomic E-state index is 0.269. The second-order valence-corrected chi connectivity index (χ2v) is 6.51. The van der Waals surface area contributed by atoms with Crippen LogP contribution in [0.25, 0.3) is 20.4 Å². The van der Waals surface area contributed by atoms with Crippen LogP contribution in [0.1, 0.15) is 10.4 Å². The number of nitrogens with zero attached hydrogens (tertiary/aromatic N) is 2. The molecule has 0 spiro atoms. The molecule has 0 saturated heterocycles.